The normalized spacial score (nSPS) is 13.7. The monoisotopic (exact) mass is 251 g/mol. The van der Waals surface area contributed by atoms with Crippen LogP contribution in [0.4, 0.5) is 0 Å². The van der Waals surface area contributed by atoms with Crippen LogP contribution in [0.25, 0.3) is 0 Å². The summed E-state index contributed by atoms with van der Waals surface area (Å²) in [6.45, 7) is 10.6. The summed E-state index contributed by atoms with van der Waals surface area (Å²) in [5, 5.41) is 0. The lowest BCUT2D eigenvalue weighted by molar-refractivity contribution is -0.0102. The summed E-state index contributed by atoms with van der Waals surface area (Å²) in [5.74, 6) is 0.855. The van der Waals surface area contributed by atoms with Crippen LogP contribution in [-0.4, -0.2) is 18.3 Å². The molecule has 1 rings (SSSR count). The van der Waals surface area contributed by atoms with E-state index in [0.29, 0.717) is 6.61 Å². The Balaban J connectivity index is 2.65. The van der Waals surface area contributed by atoms with Crippen LogP contribution in [0.3, 0.4) is 0 Å². The minimum absolute atomic E-state index is 0.125. The fourth-order valence-corrected chi connectivity index (χ4v) is 1.53. The molecule has 0 spiro atoms. The summed E-state index contributed by atoms with van der Waals surface area (Å²) in [6.07, 6.45) is 0.169. The van der Waals surface area contributed by atoms with Crippen molar-refractivity contribution < 1.29 is 9.47 Å². The molecule has 0 aromatic heterocycles. The molecule has 18 heavy (non-hydrogen) atoms. The number of nitrogens with two attached hydrogens (primary N) is 1. The quantitative estimate of drug-likeness (QED) is 0.873. The zero-order valence-corrected chi connectivity index (χ0v) is 12.1. The van der Waals surface area contributed by atoms with E-state index >= 15 is 0 Å². The Labute approximate surface area is 110 Å². The largest absolute Gasteiger partial charge is 0.491 e. The lowest BCUT2D eigenvalue weighted by atomic mass is 10.1. The molecule has 1 atom stereocenters. The second-order valence-corrected chi connectivity index (χ2v) is 5.77. The summed E-state index contributed by atoms with van der Waals surface area (Å²) >= 11 is 0. The van der Waals surface area contributed by atoms with Crippen molar-refractivity contribution >= 4 is 0 Å². The first kappa shape index (κ1) is 15.0. The van der Waals surface area contributed by atoms with Crippen molar-refractivity contribution in [2.24, 2.45) is 5.73 Å². The highest BCUT2D eigenvalue weighted by molar-refractivity contribution is 5.30. The van der Waals surface area contributed by atoms with Gasteiger partial charge in [-0.3, -0.25) is 0 Å². The highest BCUT2D eigenvalue weighted by Gasteiger charge is 2.14. The Hall–Kier alpha value is -1.06. The third-order valence-corrected chi connectivity index (χ3v) is 2.35. The van der Waals surface area contributed by atoms with E-state index in [2.05, 4.69) is 0 Å². The van der Waals surface area contributed by atoms with Gasteiger partial charge in [0.15, 0.2) is 0 Å². The maximum absolute atomic E-state index is 6.12. The predicted molar refractivity (Wildman–Crippen MR) is 74.8 cm³/mol. The van der Waals surface area contributed by atoms with Gasteiger partial charge in [0.05, 0.1) is 24.4 Å². The van der Waals surface area contributed by atoms with Crippen LogP contribution in [0.1, 0.15) is 46.2 Å². The number of rotatable bonds is 5. The van der Waals surface area contributed by atoms with Gasteiger partial charge in [-0.05, 0) is 52.3 Å². The average Bonchev–Trinajstić information content (AvgIpc) is 2.24. The maximum atomic E-state index is 6.12. The van der Waals surface area contributed by atoms with Crippen LogP contribution < -0.4 is 10.5 Å². The molecule has 2 N–H and O–H groups in total. The van der Waals surface area contributed by atoms with Crippen LogP contribution in [0.2, 0.25) is 0 Å². The van der Waals surface area contributed by atoms with E-state index < -0.39 is 0 Å². The van der Waals surface area contributed by atoms with Crippen molar-refractivity contribution in [1.29, 1.82) is 0 Å². The van der Waals surface area contributed by atoms with Crippen molar-refractivity contribution in [3.8, 4) is 5.75 Å². The highest BCUT2D eigenvalue weighted by atomic mass is 16.5. The van der Waals surface area contributed by atoms with Crippen molar-refractivity contribution in [3.05, 3.63) is 29.8 Å². The molecule has 0 saturated heterocycles. The Morgan fingerprint density at radius 2 is 1.89 bits per heavy atom. The Morgan fingerprint density at radius 3 is 2.44 bits per heavy atom. The minimum Gasteiger partial charge on any atom is -0.491 e. The lowest BCUT2D eigenvalue weighted by Gasteiger charge is -2.23. The summed E-state index contributed by atoms with van der Waals surface area (Å²) in [6, 6.07) is 7.77. The summed E-state index contributed by atoms with van der Waals surface area (Å²) < 4.78 is 11.4. The molecule has 1 unspecified atom stereocenters. The first-order valence-electron chi connectivity index (χ1n) is 6.44. The predicted octanol–water partition coefficient (Wildman–Crippen LogP) is 3.29. The first-order chi connectivity index (χ1) is 8.28. The summed E-state index contributed by atoms with van der Waals surface area (Å²) in [7, 11) is 0. The molecule has 1 aromatic carbocycles. The lowest BCUT2D eigenvalue weighted by Crippen LogP contribution is -2.26. The van der Waals surface area contributed by atoms with Gasteiger partial charge in [0.2, 0.25) is 0 Å². The van der Waals surface area contributed by atoms with Crippen molar-refractivity contribution in [2.75, 3.05) is 6.61 Å². The molecule has 0 bridgehead atoms. The molecular weight excluding hydrogens is 226 g/mol. The van der Waals surface area contributed by atoms with Gasteiger partial charge < -0.3 is 15.2 Å². The van der Waals surface area contributed by atoms with Gasteiger partial charge in [-0.25, -0.2) is 0 Å². The van der Waals surface area contributed by atoms with Crippen molar-refractivity contribution in [2.45, 2.75) is 52.4 Å². The Bertz CT molecular complexity index is 369. The van der Waals surface area contributed by atoms with E-state index in [4.69, 9.17) is 15.2 Å². The molecule has 0 aliphatic heterocycles. The molecule has 0 aliphatic rings. The van der Waals surface area contributed by atoms with E-state index in [-0.39, 0.29) is 17.7 Å². The van der Waals surface area contributed by atoms with Crippen LogP contribution in [0.5, 0.6) is 5.75 Å². The van der Waals surface area contributed by atoms with E-state index in [1.54, 1.807) is 0 Å². The van der Waals surface area contributed by atoms with Crippen molar-refractivity contribution in [1.82, 2.24) is 0 Å². The van der Waals surface area contributed by atoms with Gasteiger partial charge in [0, 0.05) is 0 Å². The molecule has 0 heterocycles. The fraction of sp³-hybridized carbons (Fsp3) is 0.600. The van der Waals surface area contributed by atoms with Crippen LogP contribution in [-0.2, 0) is 4.74 Å². The summed E-state index contributed by atoms with van der Waals surface area (Å²) in [4.78, 5) is 0. The van der Waals surface area contributed by atoms with Gasteiger partial charge in [0.1, 0.15) is 5.75 Å². The molecule has 1 aromatic rings. The van der Waals surface area contributed by atoms with E-state index in [1.807, 2.05) is 58.9 Å². The van der Waals surface area contributed by atoms with E-state index in [1.165, 1.54) is 0 Å². The zero-order valence-electron chi connectivity index (χ0n) is 12.1. The van der Waals surface area contributed by atoms with Crippen LogP contribution in [0, 0.1) is 0 Å². The summed E-state index contributed by atoms with van der Waals surface area (Å²) in [5.41, 5.74) is 7.00. The number of benzene rings is 1. The average molecular weight is 251 g/mol. The first-order valence-corrected chi connectivity index (χ1v) is 6.44. The van der Waals surface area contributed by atoms with Crippen LogP contribution in [0.15, 0.2) is 24.3 Å². The topological polar surface area (TPSA) is 44.5 Å². The smallest absolute Gasteiger partial charge is 0.120 e. The second kappa shape index (κ2) is 6.21. The molecule has 0 saturated carbocycles. The number of hydrogen-bond donors (Lipinski definition) is 1. The van der Waals surface area contributed by atoms with E-state index in [0.717, 1.165) is 11.3 Å². The van der Waals surface area contributed by atoms with Gasteiger partial charge >= 0.3 is 0 Å². The van der Waals surface area contributed by atoms with Gasteiger partial charge in [0.25, 0.3) is 0 Å². The molecule has 102 valence electrons. The molecule has 0 fully saturated rings. The van der Waals surface area contributed by atoms with Gasteiger partial charge in [-0.15, -0.1) is 0 Å². The SMILES string of the molecule is CC(C)Oc1cccc(C(N)COC(C)(C)C)c1. The molecule has 0 amide bonds. The Kier molecular flexibility index (Phi) is 5.17. The Morgan fingerprint density at radius 1 is 1.22 bits per heavy atom. The third-order valence-electron chi connectivity index (χ3n) is 2.35. The van der Waals surface area contributed by atoms with Gasteiger partial charge in [-0.1, -0.05) is 12.1 Å². The highest BCUT2D eigenvalue weighted by Crippen LogP contribution is 2.20. The maximum Gasteiger partial charge on any atom is 0.120 e. The standard InChI is InChI=1S/C15H25NO2/c1-11(2)18-13-8-6-7-12(9-13)14(16)10-17-15(3,4)5/h6-9,11,14H,10,16H2,1-5H3. The van der Waals surface area contributed by atoms with Crippen molar-refractivity contribution in [3.63, 3.8) is 0 Å². The number of hydrogen-bond acceptors (Lipinski definition) is 3. The van der Waals surface area contributed by atoms with Crippen LogP contribution >= 0.6 is 0 Å². The molecule has 3 nitrogen and oxygen atoms in total. The molecule has 3 heteroatoms. The number of ether oxygens (including phenoxy) is 2. The van der Waals surface area contributed by atoms with Gasteiger partial charge in [-0.2, -0.15) is 0 Å². The second-order valence-electron chi connectivity index (χ2n) is 5.77. The molecular formula is C15H25NO2. The molecule has 0 radical (unpaired) electrons. The minimum atomic E-state index is -0.163. The zero-order chi connectivity index (χ0) is 13.8. The molecule has 0 aliphatic carbocycles. The van der Waals surface area contributed by atoms with E-state index in [9.17, 15) is 0 Å². The third kappa shape index (κ3) is 5.52. The fourth-order valence-electron chi connectivity index (χ4n) is 1.53.